The van der Waals surface area contributed by atoms with Gasteiger partial charge in [-0.1, -0.05) is 13.0 Å². The molecule has 0 bridgehead atoms. The number of carbonyl (C=O) groups is 1. The third kappa shape index (κ3) is 4.53. The number of hydrogen-bond acceptors (Lipinski definition) is 3. The van der Waals surface area contributed by atoms with Crippen LogP contribution in [0.25, 0.3) is 0 Å². The third-order valence-corrected chi connectivity index (χ3v) is 2.89. The minimum atomic E-state index is -0.794. The number of hydrogen-bond donors (Lipinski definition) is 1. The van der Waals surface area contributed by atoms with Gasteiger partial charge in [0.05, 0.1) is 12.2 Å². The molecule has 0 aliphatic heterocycles. The third-order valence-electron chi connectivity index (χ3n) is 2.89. The summed E-state index contributed by atoms with van der Waals surface area (Å²) < 4.78 is 0. The standard InChI is InChI=1S/C13H20N2O2/c1-4-11(3)15(9-13(16)17)8-12-6-5-10(2)7-14-12/h5-7,11H,4,8-9H2,1-3H3,(H,16,17). The molecule has 1 aromatic rings. The topological polar surface area (TPSA) is 53.4 Å². The Bertz CT molecular complexity index is 362. The maximum atomic E-state index is 10.8. The smallest absolute Gasteiger partial charge is 0.317 e. The highest BCUT2D eigenvalue weighted by molar-refractivity contribution is 5.69. The fraction of sp³-hybridized carbons (Fsp3) is 0.538. The molecule has 1 atom stereocenters. The van der Waals surface area contributed by atoms with Crippen LogP contribution in [0.4, 0.5) is 0 Å². The van der Waals surface area contributed by atoms with Gasteiger partial charge in [0.15, 0.2) is 0 Å². The van der Waals surface area contributed by atoms with Crippen molar-refractivity contribution in [3.05, 3.63) is 29.6 Å². The number of aryl methyl sites for hydroxylation is 1. The van der Waals surface area contributed by atoms with E-state index in [0.717, 1.165) is 17.7 Å². The van der Waals surface area contributed by atoms with Crippen molar-refractivity contribution in [3.63, 3.8) is 0 Å². The van der Waals surface area contributed by atoms with Crippen LogP contribution < -0.4 is 0 Å². The average Bonchev–Trinajstić information content (AvgIpc) is 2.29. The first-order valence-corrected chi connectivity index (χ1v) is 5.90. The zero-order valence-electron chi connectivity index (χ0n) is 10.7. The Kier molecular flexibility index (Phi) is 5.10. The molecule has 0 aromatic carbocycles. The molecule has 0 spiro atoms. The first-order valence-electron chi connectivity index (χ1n) is 5.90. The van der Waals surface area contributed by atoms with Gasteiger partial charge in [0.25, 0.3) is 0 Å². The number of pyridine rings is 1. The molecule has 0 amide bonds. The van der Waals surface area contributed by atoms with E-state index in [1.807, 2.05) is 37.1 Å². The number of aromatic nitrogens is 1. The molecule has 1 heterocycles. The van der Waals surface area contributed by atoms with Crippen molar-refractivity contribution in [3.8, 4) is 0 Å². The molecule has 0 fully saturated rings. The van der Waals surface area contributed by atoms with Gasteiger partial charge in [0.2, 0.25) is 0 Å². The molecule has 0 radical (unpaired) electrons. The van der Waals surface area contributed by atoms with E-state index in [4.69, 9.17) is 5.11 Å². The van der Waals surface area contributed by atoms with Crippen LogP contribution in [0.1, 0.15) is 31.5 Å². The molecule has 1 N–H and O–H groups in total. The minimum absolute atomic E-state index is 0.0601. The van der Waals surface area contributed by atoms with E-state index in [9.17, 15) is 4.79 Å². The number of nitrogens with zero attached hydrogens (tertiary/aromatic N) is 2. The Morgan fingerprint density at radius 2 is 2.24 bits per heavy atom. The van der Waals surface area contributed by atoms with Crippen molar-refractivity contribution in [2.45, 2.75) is 39.8 Å². The van der Waals surface area contributed by atoms with Crippen molar-refractivity contribution in [1.82, 2.24) is 9.88 Å². The highest BCUT2D eigenvalue weighted by Gasteiger charge is 2.16. The zero-order chi connectivity index (χ0) is 12.8. The van der Waals surface area contributed by atoms with E-state index in [1.54, 1.807) is 0 Å². The summed E-state index contributed by atoms with van der Waals surface area (Å²) in [6, 6.07) is 4.19. The first-order chi connectivity index (χ1) is 8.02. The lowest BCUT2D eigenvalue weighted by Gasteiger charge is -2.26. The Balaban J connectivity index is 2.71. The van der Waals surface area contributed by atoms with Gasteiger partial charge in [0.1, 0.15) is 0 Å². The van der Waals surface area contributed by atoms with E-state index in [0.29, 0.717) is 6.54 Å². The van der Waals surface area contributed by atoms with Gasteiger partial charge in [-0.25, -0.2) is 0 Å². The van der Waals surface area contributed by atoms with Gasteiger partial charge >= 0.3 is 5.97 Å². The lowest BCUT2D eigenvalue weighted by Crippen LogP contribution is -2.36. The molecule has 0 saturated carbocycles. The lowest BCUT2D eigenvalue weighted by molar-refractivity contribution is -0.139. The molecule has 4 heteroatoms. The fourth-order valence-electron chi connectivity index (χ4n) is 1.60. The average molecular weight is 236 g/mol. The zero-order valence-corrected chi connectivity index (χ0v) is 10.7. The van der Waals surface area contributed by atoms with Gasteiger partial charge in [-0.15, -0.1) is 0 Å². The summed E-state index contributed by atoms with van der Waals surface area (Å²) in [5, 5.41) is 8.89. The second-order valence-corrected chi connectivity index (χ2v) is 4.38. The van der Waals surface area contributed by atoms with E-state index < -0.39 is 5.97 Å². The number of carboxylic acids is 1. The summed E-state index contributed by atoms with van der Waals surface area (Å²) in [5.41, 5.74) is 2.03. The molecule has 1 unspecified atom stereocenters. The van der Waals surface area contributed by atoms with Crippen molar-refractivity contribution in [2.24, 2.45) is 0 Å². The van der Waals surface area contributed by atoms with Crippen LogP contribution in [0.5, 0.6) is 0 Å². The largest absolute Gasteiger partial charge is 0.480 e. The predicted octanol–water partition coefficient (Wildman–Crippen LogP) is 2.08. The van der Waals surface area contributed by atoms with E-state index in [2.05, 4.69) is 11.9 Å². The summed E-state index contributed by atoms with van der Waals surface area (Å²) >= 11 is 0. The van der Waals surface area contributed by atoms with Crippen LogP contribution in [0.15, 0.2) is 18.3 Å². The van der Waals surface area contributed by atoms with Crippen molar-refractivity contribution in [1.29, 1.82) is 0 Å². The molecule has 0 aliphatic rings. The molecule has 0 saturated heterocycles. The van der Waals surface area contributed by atoms with Crippen LogP contribution in [-0.4, -0.2) is 33.5 Å². The summed E-state index contributed by atoms with van der Waals surface area (Å²) in [4.78, 5) is 17.1. The second kappa shape index (κ2) is 6.35. The summed E-state index contributed by atoms with van der Waals surface area (Å²) in [5.74, 6) is -0.794. The lowest BCUT2D eigenvalue weighted by atomic mass is 10.2. The summed E-state index contributed by atoms with van der Waals surface area (Å²) in [6.07, 6.45) is 2.74. The number of carboxylic acid groups (broad SMARTS) is 1. The second-order valence-electron chi connectivity index (χ2n) is 4.38. The SMILES string of the molecule is CCC(C)N(CC(=O)O)Cc1ccc(C)cn1. The normalized spacial score (nSPS) is 12.7. The molecule has 94 valence electrons. The van der Waals surface area contributed by atoms with Crippen molar-refractivity contribution < 1.29 is 9.90 Å². The first kappa shape index (κ1) is 13.6. The highest BCUT2D eigenvalue weighted by Crippen LogP contribution is 2.09. The van der Waals surface area contributed by atoms with Gasteiger partial charge in [0, 0.05) is 18.8 Å². The molecule has 0 aliphatic carbocycles. The van der Waals surface area contributed by atoms with Crippen molar-refractivity contribution >= 4 is 5.97 Å². The number of rotatable bonds is 6. The number of aliphatic carboxylic acids is 1. The molecule has 1 rings (SSSR count). The maximum absolute atomic E-state index is 10.8. The predicted molar refractivity (Wildman–Crippen MR) is 66.8 cm³/mol. The van der Waals surface area contributed by atoms with Crippen molar-refractivity contribution in [2.75, 3.05) is 6.54 Å². The van der Waals surface area contributed by atoms with Gasteiger partial charge in [-0.2, -0.15) is 0 Å². The van der Waals surface area contributed by atoms with Crippen LogP contribution in [0.2, 0.25) is 0 Å². The Morgan fingerprint density at radius 1 is 1.53 bits per heavy atom. The maximum Gasteiger partial charge on any atom is 0.317 e. The Labute approximate surface area is 102 Å². The van der Waals surface area contributed by atoms with Gasteiger partial charge in [-0.05, 0) is 31.9 Å². The molecule has 17 heavy (non-hydrogen) atoms. The Morgan fingerprint density at radius 3 is 2.71 bits per heavy atom. The van der Waals surface area contributed by atoms with Gasteiger partial charge < -0.3 is 5.11 Å². The molecular weight excluding hydrogens is 216 g/mol. The van der Waals surface area contributed by atoms with E-state index in [-0.39, 0.29) is 12.6 Å². The van der Waals surface area contributed by atoms with Crippen LogP contribution in [-0.2, 0) is 11.3 Å². The highest BCUT2D eigenvalue weighted by atomic mass is 16.4. The molecule has 1 aromatic heterocycles. The van der Waals surface area contributed by atoms with E-state index >= 15 is 0 Å². The monoisotopic (exact) mass is 236 g/mol. The Hall–Kier alpha value is -1.42. The summed E-state index contributed by atoms with van der Waals surface area (Å²) in [6.45, 7) is 6.73. The van der Waals surface area contributed by atoms with Crippen LogP contribution in [0.3, 0.4) is 0 Å². The van der Waals surface area contributed by atoms with Gasteiger partial charge in [-0.3, -0.25) is 14.7 Å². The quantitative estimate of drug-likeness (QED) is 0.821. The van der Waals surface area contributed by atoms with Crippen LogP contribution >= 0.6 is 0 Å². The summed E-state index contributed by atoms with van der Waals surface area (Å²) in [7, 11) is 0. The fourth-order valence-corrected chi connectivity index (χ4v) is 1.60. The van der Waals surface area contributed by atoms with E-state index in [1.165, 1.54) is 0 Å². The molecule has 4 nitrogen and oxygen atoms in total. The molecular formula is C13H20N2O2. The minimum Gasteiger partial charge on any atom is -0.480 e. The van der Waals surface area contributed by atoms with Crippen LogP contribution in [0, 0.1) is 6.92 Å².